The Kier molecular flexibility index (Phi) is 4.85. The Hall–Kier alpha value is -3.74. The smallest absolute Gasteiger partial charge is 0.335 e. The lowest BCUT2D eigenvalue weighted by molar-refractivity contribution is -0.384. The number of non-ortho nitro benzene ring substituents is 1. The summed E-state index contributed by atoms with van der Waals surface area (Å²) in [5, 5.41) is 19.8. The van der Waals surface area contributed by atoms with Crippen molar-refractivity contribution in [3.63, 3.8) is 0 Å². The van der Waals surface area contributed by atoms with E-state index in [1.54, 1.807) is 43.5 Å². The van der Waals surface area contributed by atoms with Crippen molar-refractivity contribution in [3.05, 3.63) is 81.1 Å². The largest absolute Gasteiger partial charge is 0.478 e. The number of furan rings is 1. The summed E-state index contributed by atoms with van der Waals surface area (Å²) >= 11 is 0. The fourth-order valence-electron chi connectivity index (χ4n) is 2.67. The molecule has 1 aromatic heterocycles. The van der Waals surface area contributed by atoms with Gasteiger partial charge in [-0.2, -0.15) is 0 Å². The van der Waals surface area contributed by atoms with Gasteiger partial charge in [-0.25, -0.2) is 4.79 Å². The minimum atomic E-state index is -0.976. The lowest BCUT2D eigenvalue weighted by Crippen LogP contribution is -1.96. The third-order valence-electron chi connectivity index (χ3n) is 4.09. The number of hydrogen-bond donors (Lipinski definition) is 1. The molecule has 0 amide bonds. The summed E-state index contributed by atoms with van der Waals surface area (Å²) in [6, 6.07) is 12.8. The van der Waals surface area contributed by atoms with Crippen LogP contribution in [0.3, 0.4) is 0 Å². The predicted octanol–water partition coefficient (Wildman–Crippen LogP) is 4.92. The Bertz CT molecular complexity index is 1070. The van der Waals surface area contributed by atoms with Crippen LogP contribution in [0.2, 0.25) is 0 Å². The summed E-state index contributed by atoms with van der Waals surface area (Å²) < 4.78 is 5.77. The first-order valence-corrected chi connectivity index (χ1v) is 8.08. The molecule has 2 aromatic carbocycles. The van der Waals surface area contributed by atoms with Crippen LogP contribution in [0, 0.1) is 24.0 Å². The Balaban J connectivity index is 1.83. The molecular formula is C20H16N2O5. The lowest BCUT2D eigenvalue weighted by atomic mass is 10.0. The zero-order valence-corrected chi connectivity index (χ0v) is 14.7. The van der Waals surface area contributed by atoms with E-state index in [1.165, 1.54) is 18.2 Å². The van der Waals surface area contributed by atoms with Crippen molar-refractivity contribution in [1.82, 2.24) is 0 Å². The van der Waals surface area contributed by atoms with E-state index < -0.39 is 10.9 Å². The second-order valence-electron chi connectivity index (χ2n) is 6.02. The topological polar surface area (TPSA) is 106 Å². The number of carbonyl (C=O) groups is 1. The molecule has 0 saturated carbocycles. The fourth-order valence-corrected chi connectivity index (χ4v) is 2.67. The molecule has 3 rings (SSSR count). The quantitative estimate of drug-likeness (QED) is 0.393. The highest BCUT2D eigenvalue weighted by Crippen LogP contribution is 2.27. The van der Waals surface area contributed by atoms with Crippen LogP contribution in [0.15, 0.2) is 57.9 Å². The first-order chi connectivity index (χ1) is 12.8. The number of aryl methyl sites for hydroxylation is 2. The van der Waals surface area contributed by atoms with Crippen LogP contribution in [-0.2, 0) is 0 Å². The molecular weight excluding hydrogens is 348 g/mol. The maximum absolute atomic E-state index is 11.0. The lowest BCUT2D eigenvalue weighted by Gasteiger charge is -2.04. The van der Waals surface area contributed by atoms with Gasteiger partial charge in [0.2, 0.25) is 0 Å². The average Bonchev–Trinajstić information content (AvgIpc) is 3.09. The number of nitrogens with zero attached hydrogens (tertiary/aromatic N) is 2. The predicted molar refractivity (Wildman–Crippen MR) is 101 cm³/mol. The summed E-state index contributed by atoms with van der Waals surface area (Å²) in [5.41, 5.74) is 3.13. The molecule has 136 valence electrons. The van der Waals surface area contributed by atoms with E-state index in [1.807, 2.05) is 6.92 Å². The highest BCUT2D eigenvalue weighted by Gasteiger charge is 2.11. The molecule has 7 nitrogen and oxygen atoms in total. The minimum absolute atomic E-state index is 0.0204. The van der Waals surface area contributed by atoms with Crippen molar-refractivity contribution in [3.8, 4) is 11.3 Å². The Morgan fingerprint density at radius 1 is 1.11 bits per heavy atom. The number of benzene rings is 2. The van der Waals surface area contributed by atoms with E-state index in [9.17, 15) is 14.9 Å². The Morgan fingerprint density at radius 3 is 2.52 bits per heavy atom. The minimum Gasteiger partial charge on any atom is -0.478 e. The molecule has 1 N–H and O–H groups in total. The van der Waals surface area contributed by atoms with Gasteiger partial charge in [0.15, 0.2) is 0 Å². The maximum Gasteiger partial charge on any atom is 0.335 e. The molecule has 0 fully saturated rings. The summed E-state index contributed by atoms with van der Waals surface area (Å²) in [6.45, 7) is 3.57. The summed E-state index contributed by atoms with van der Waals surface area (Å²) in [5.74, 6) is 0.145. The van der Waals surface area contributed by atoms with Gasteiger partial charge in [0, 0.05) is 17.7 Å². The van der Waals surface area contributed by atoms with Gasteiger partial charge in [-0.1, -0.05) is 6.07 Å². The molecule has 0 unspecified atom stereocenters. The van der Waals surface area contributed by atoms with Crippen molar-refractivity contribution < 1.29 is 19.2 Å². The van der Waals surface area contributed by atoms with Crippen LogP contribution in [-0.4, -0.2) is 22.2 Å². The highest BCUT2D eigenvalue weighted by molar-refractivity contribution is 5.89. The van der Waals surface area contributed by atoms with E-state index >= 15 is 0 Å². The molecule has 0 spiro atoms. The number of rotatable bonds is 5. The summed E-state index contributed by atoms with van der Waals surface area (Å²) in [4.78, 5) is 25.7. The van der Waals surface area contributed by atoms with Gasteiger partial charge in [0.1, 0.15) is 11.5 Å². The molecule has 0 aliphatic carbocycles. The zero-order valence-electron chi connectivity index (χ0n) is 14.7. The molecule has 0 saturated heterocycles. The first kappa shape index (κ1) is 18.1. The van der Waals surface area contributed by atoms with Crippen molar-refractivity contribution in [1.29, 1.82) is 0 Å². The molecule has 0 radical (unpaired) electrons. The van der Waals surface area contributed by atoms with Crippen LogP contribution < -0.4 is 0 Å². The molecule has 0 atom stereocenters. The van der Waals surface area contributed by atoms with Gasteiger partial charge in [-0.15, -0.1) is 0 Å². The fraction of sp³-hybridized carbons (Fsp3) is 0.100. The number of carboxylic acid groups (broad SMARTS) is 1. The number of aliphatic imine (C=N–C) groups is 1. The number of aromatic carboxylic acids is 1. The monoisotopic (exact) mass is 364 g/mol. The second-order valence-corrected chi connectivity index (χ2v) is 6.02. The van der Waals surface area contributed by atoms with Crippen LogP contribution in [0.4, 0.5) is 11.4 Å². The van der Waals surface area contributed by atoms with Crippen LogP contribution >= 0.6 is 0 Å². The van der Waals surface area contributed by atoms with Crippen molar-refractivity contribution in [2.45, 2.75) is 13.8 Å². The van der Waals surface area contributed by atoms with Gasteiger partial charge in [-0.3, -0.25) is 15.1 Å². The summed E-state index contributed by atoms with van der Waals surface area (Å²) in [7, 11) is 0. The third-order valence-corrected chi connectivity index (χ3v) is 4.09. The molecule has 1 heterocycles. The van der Waals surface area contributed by atoms with Crippen molar-refractivity contribution >= 4 is 23.6 Å². The SMILES string of the molecule is Cc1cc([N+](=O)[O-])ccc1N=Cc1ccc(-c2ccc(C(=O)O)cc2C)o1. The second kappa shape index (κ2) is 7.25. The van der Waals surface area contributed by atoms with Crippen molar-refractivity contribution in [2.75, 3.05) is 0 Å². The number of nitro groups is 1. The first-order valence-electron chi connectivity index (χ1n) is 8.08. The number of hydrogen-bond acceptors (Lipinski definition) is 5. The normalized spacial score (nSPS) is 11.0. The Labute approximate surface area is 154 Å². The van der Waals surface area contributed by atoms with Crippen LogP contribution in [0.1, 0.15) is 27.2 Å². The molecule has 0 aliphatic heterocycles. The molecule has 27 heavy (non-hydrogen) atoms. The number of nitro benzene ring substituents is 1. The third kappa shape index (κ3) is 3.92. The highest BCUT2D eigenvalue weighted by atomic mass is 16.6. The van der Waals surface area contributed by atoms with Gasteiger partial charge >= 0.3 is 5.97 Å². The van der Waals surface area contributed by atoms with E-state index in [0.717, 1.165) is 11.1 Å². The van der Waals surface area contributed by atoms with E-state index in [2.05, 4.69) is 4.99 Å². The van der Waals surface area contributed by atoms with E-state index in [0.29, 0.717) is 22.8 Å². The molecule has 3 aromatic rings. The average molecular weight is 364 g/mol. The number of carboxylic acids is 1. The molecule has 0 aliphatic rings. The van der Waals surface area contributed by atoms with E-state index in [4.69, 9.17) is 9.52 Å². The van der Waals surface area contributed by atoms with E-state index in [-0.39, 0.29) is 11.3 Å². The molecule has 0 bridgehead atoms. The van der Waals surface area contributed by atoms with Crippen LogP contribution in [0.25, 0.3) is 11.3 Å². The van der Waals surface area contributed by atoms with Gasteiger partial charge in [-0.05, 0) is 55.3 Å². The maximum atomic E-state index is 11.0. The van der Waals surface area contributed by atoms with Crippen molar-refractivity contribution in [2.24, 2.45) is 4.99 Å². The van der Waals surface area contributed by atoms with Gasteiger partial charge in [0.25, 0.3) is 5.69 Å². The van der Waals surface area contributed by atoms with Gasteiger partial charge in [0.05, 0.1) is 22.4 Å². The van der Waals surface area contributed by atoms with Gasteiger partial charge < -0.3 is 9.52 Å². The zero-order chi connectivity index (χ0) is 19.6. The molecule has 7 heteroatoms. The summed E-state index contributed by atoms with van der Waals surface area (Å²) in [6.07, 6.45) is 1.54. The Morgan fingerprint density at radius 2 is 1.89 bits per heavy atom. The van der Waals surface area contributed by atoms with Crippen LogP contribution in [0.5, 0.6) is 0 Å². The standard InChI is InChI=1S/C20H16N2O5/c1-12-9-14(20(23)24)3-6-17(12)19-8-5-16(27-19)11-21-18-7-4-15(22(25)26)10-13(18)2/h3-11H,1-2H3,(H,23,24).